The van der Waals surface area contributed by atoms with Crippen molar-refractivity contribution in [3.63, 3.8) is 0 Å². The first-order valence-corrected chi connectivity index (χ1v) is 23.2. The second-order valence-corrected chi connectivity index (χ2v) is 18.7. The summed E-state index contributed by atoms with van der Waals surface area (Å²) in [6, 6.07) is 7.58. The fourth-order valence-corrected chi connectivity index (χ4v) is 10.4. The number of nitrogens with zero attached hydrogens (tertiary/aromatic N) is 6. The molecular weight excluding hydrogens is 883 g/mol. The first-order valence-electron chi connectivity index (χ1n) is 21.0. The number of ether oxygens (including phenoxy) is 5. The van der Waals surface area contributed by atoms with E-state index in [1.807, 2.05) is 0 Å². The SMILES string of the molecule is C=C1C[C@H]2[C@H](O)N(B(C)O)c3cc(OCCCCCOc4cc5c(cc4OC)C(=O)N4CC(=C)C[C@H]4[C@H](O)N5C(=O)OC[C@@H](C)SSc4ncccc4[N+](=O)[O-])c(OC)cc3C(=O)N2C1. The van der Waals surface area contributed by atoms with Crippen molar-refractivity contribution >= 4 is 63.6 Å². The summed E-state index contributed by atoms with van der Waals surface area (Å²) in [6.45, 7) is 12.1. The van der Waals surface area contributed by atoms with Crippen LogP contribution in [0.2, 0.25) is 6.82 Å². The molecule has 2 aromatic carbocycles. The number of aliphatic hydroxyl groups is 2. The maximum absolute atomic E-state index is 14.0. The fraction of sp³-hybridized carbons (Fsp3) is 0.442. The number of carbonyl (C=O) groups excluding carboxylic acids is 3. The molecule has 346 valence electrons. The molecule has 5 heterocycles. The van der Waals surface area contributed by atoms with E-state index >= 15 is 0 Å². The average Bonchev–Trinajstić information content (AvgIpc) is 3.85. The molecule has 2 fully saturated rings. The Bertz CT molecular complexity index is 2360. The molecule has 0 saturated carbocycles. The Kier molecular flexibility index (Phi) is 14.7. The van der Waals surface area contributed by atoms with Gasteiger partial charge in [0, 0.05) is 48.4 Å². The molecule has 22 heteroatoms. The molecule has 65 heavy (non-hydrogen) atoms. The number of pyridine rings is 1. The Morgan fingerprint density at radius 2 is 1.46 bits per heavy atom. The topological polar surface area (TPSA) is 227 Å². The standard InChI is InChI=1S/C43H51BN6O13S2/c1-24-15-32-41(53)48(43(55)63-23-26(3)64-65-38-29(50(57)58)11-10-12-45-38)30-19-36(34(59-5)17-27(30)39(51)46(32)21-24)61-13-8-7-9-14-62-37-20-31-28(18-35(37)60-6)40(52)47-22-25(2)16-33(47)42(54)49(31)44(4)56/h10-12,17-20,26,32-33,41-42,53-54,56H,1-2,7-9,13-16,21-23H2,3-6H3/t26-,32+,33+,41+,42+/m1/s1. The molecule has 5 atom stereocenters. The van der Waals surface area contributed by atoms with E-state index in [1.54, 1.807) is 24.0 Å². The molecule has 0 spiro atoms. The molecule has 4 aliphatic rings. The Balaban J connectivity index is 1.00. The van der Waals surface area contributed by atoms with Crippen LogP contribution < -0.4 is 28.7 Å². The largest absolute Gasteiger partial charge is 0.493 e. The van der Waals surface area contributed by atoms with E-state index in [9.17, 15) is 39.7 Å². The van der Waals surface area contributed by atoms with Gasteiger partial charge in [0.2, 0.25) is 0 Å². The Hall–Kier alpha value is -5.68. The van der Waals surface area contributed by atoms with Gasteiger partial charge < -0.3 is 53.5 Å². The number of fused-ring (bicyclic) bond motifs is 4. The minimum absolute atomic E-state index is 0.0689. The van der Waals surface area contributed by atoms with Crippen molar-refractivity contribution in [1.82, 2.24) is 14.8 Å². The molecule has 0 bridgehead atoms. The van der Waals surface area contributed by atoms with Gasteiger partial charge in [0.05, 0.1) is 61.3 Å². The monoisotopic (exact) mass is 934 g/mol. The minimum atomic E-state index is -1.50. The lowest BCUT2D eigenvalue weighted by molar-refractivity contribution is -0.388. The summed E-state index contributed by atoms with van der Waals surface area (Å²) < 4.78 is 29.3. The maximum atomic E-state index is 14.0. The van der Waals surface area contributed by atoms with Crippen LogP contribution in [0.4, 0.5) is 21.9 Å². The van der Waals surface area contributed by atoms with Crippen LogP contribution in [0.5, 0.6) is 23.0 Å². The number of hydrogen-bond donors (Lipinski definition) is 3. The van der Waals surface area contributed by atoms with Crippen molar-refractivity contribution in [3.8, 4) is 23.0 Å². The van der Waals surface area contributed by atoms with Crippen LogP contribution in [0, 0.1) is 10.1 Å². The molecule has 0 unspecified atom stereocenters. The number of anilines is 2. The van der Waals surface area contributed by atoms with Gasteiger partial charge in [0.1, 0.15) is 12.8 Å². The summed E-state index contributed by atoms with van der Waals surface area (Å²) in [7, 11) is 4.08. The quantitative estimate of drug-likeness (QED) is 0.0378. The normalized spacial score (nSPS) is 20.6. The van der Waals surface area contributed by atoms with E-state index in [0.717, 1.165) is 21.3 Å². The molecule has 3 N–H and O–H groups in total. The lowest BCUT2D eigenvalue weighted by Gasteiger charge is -2.34. The molecule has 3 aromatic rings. The Morgan fingerprint density at radius 3 is 2.02 bits per heavy atom. The lowest BCUT2D eigenvalue weighted by atomic mass is 9.82. The fourth-order valence-electron chi connectivity index (χ4n) is 8.36. The number of rotatable bonds is 17. The van der Waals surface area contributed by atoms with E-state index < -0.39 is 48.5 Å². The van der Waals surface area contributed by atoms with Gasteiger partial charge in [-0.1, -0.05) is 35.1 Å². The van der Waals surface area contributed by atoms with Gasteiger partial charge in [-0.15, -0.1) is 0 Å². The smallest absolute Gasteiger partial charge is 0.416 e. The molecule has 3 amide bonds. The van der Waals surface area contributed by atoms with Crippen molar-refractivity contribution in [2.45, 2.75) is 80.7 Å². The number of carbonyl (C=O) groups is 3. The molecule has 4 aliphatic heterocycles. The van der Waals surface area contributed by atoms with Crippen molar-refractivity contribution in [3.05, 3.63) is 88.1 Å². The second kappa shape index (κ2) is 20.2. The predicted octanol–water partition coefficient (Wildman–Crippen LogP) is 5.53. The summed E-state index contributed by atoms with van der Waals surface area (Å²) in [5, 5.41) is 45.1. The first-order chi connectivity index (χ1) is 31.1. The van der Waals surface area contributed by atoms with Gasteiger partial charge in [-0.05, 0) is 74.8 Å². The number of hydrogen-bond acceptors (Lipinski definition) is 17. The third-order valence-corrected chi connectivity index (χ3v) is 14.3. The van der Waals surface area contributed by atoms with E-state index in [1.165, 1.54) is 72.0 Å². The molecule has 0 radical (unpaired) electrons. The van der Waals surface area contributed by atoms with Crippen LogP contribution in [0.1, 0.15) is 59.7 Å². The van der Waals surface area contributed by atoms with Crippen LogP contribution in [-0.2, 0) is 4.74 Å². The second-order valence-electron chi connectivity index (χ2n) is 16.1. The number of methoxy groups -OCH3 is 2. The molecular formula is C43H51BN6O13S2. The number of amides is 3. The highest BCUT2D eigenvalue weighted by Crippen LogP contribution is 2.44. The highest BCUT2D eigenvalue weighted by molar-refractivity contribution is 8.77. The van der Waals surface area contributed by atoms with Crippen molar-refractivity contribution in [1.29, 1.82) is 0 Å². The minimum Gasteiger partial charge on any atom is -0.493 e. The van der Waals surface area contributed by atoms with Crippen molar-refractivity contribution in [2.24, 2.45) is 0 Å². The van der Waals surface area contributed by atoms with Gasteiger partial charge in [-0.25, -0.2) is 14.7 Å². The third-order valence-electron chi connectivity index (χ3n) is 11.5. The first kappa shape index (κ1) is 47.3. The zero-order chi connectivity index (χ0) is 46.7. The third kappa shape index (κ3) is 9.81. The number of unbranched alkanes of at least 4 members (excludes halogenated alkanes) is 2. The molecule has 1 aromatic heterocycles. The van der Waals surface area contributed by atoms with E-state index in [-0.39, 0.29) is 83.0 Å². The van der Waals surface area contributed by atoms with E-state index in [4.69, 9.17) is 23.7 Å². The number of benzene rings is 2. The molecule has 0 aliphatic carbocycles. The molecule has 2 saturated heterocycles. The zero-order valence-corrected chi connectivity index (χ0v) is 38.0. The van der Waals surface area contributed by atoms with Crippen molar-refractivity contribution < 1.29 is 58.2 Å². The lowest BCUT2D eigenvalue weighted by Crippen LogP contribution is -2.53. The van der Waals surface area contributed by atoms with Crippen LogP contribution in [0.3, 0.4) is 0 Å². The zero-order valence-electron chi connectivity index (χ0n) is 36.4. The number of aliphatic hydroxyl groups excluding tert-OH is 2. The van der Waals surface area contributed by atoms with Gasteiger partial charge in [-0.2, -0.15) is 0 Å². The maximum Gasteiger partial charge on any atom is 0.416 e. The van der Waals surface area contributed by atoms with Crippen molar-refractivity contribution in [2.75, 3.05) is 56.8 Å². The Labute approximate surface area is 384 Å². The van der Waals surface area contributed by atoms with Gasteiger partial charge >= 0.3 is 18.8 Å². The van der Waals surface area contributed by atoms with Crippen LogP contribution >= 0.6 is 21.6 Å². The van der Waals surface area contributed by atoms with Gasteiger partial charge in [0.25, 0.3) is 11.8 Å². The van der Waals surface area contributed by atoms with Crippen LogP contribution in [0.15, 0.2) is 71.9 Å². The molecule has 19 nitrogen and oxygen atoms in total. The highest BCUT2D eigenvalue weighted by atomic mass is 33.1. The van der Waals surface area contributed by atoms with Crippen LogP contribution in [0.25, 0.3) is 0 Å². The molecule has 7 rings (SSSR count). The summed E-state index contributed by atoms with van der Waals surface area (Å²) >= 11 is 0. The summed E-state index contributed by atoms with van der Waals surface area (Å²) in [5.74, 6) is 0.378. The summed E-state index contributed by atoms with van der Waals surface area (Å²) in [5.41, 5.74) is 2.13. The summed E-state index contributed by atoms with van der Waals surface area (Å²) in [6.07, 6.45) is 0.318. The summed E-state index contributed by atoms with van der Waals surface area (Å²) in [4.78, 5) is 62.1. The van der Waals surface area contributed by atoms with Gasteiger partial charge in [0.15, 0.2) is 34.3 Å². The van der Waals surface area contributed by atoms with Gasteiger partial charge in [-0.3, -0.25) is 19.7 Å². The Morgan fingerprint density at radius 1 is 0.908 bits per heavy atom. The number of aromatic nitrogens is 1. The predicted molar refractivity (Wildman–Crippen MR) is 244 cm³/mol. The number of nitro groups is 1. The van der Waals surface area contributed by atoms with E-state index in [2.05, 4.69) is 18.1 Å². The van der Waals surface area contributed by atoms with E-state index in [0.29, 0.717) is 55.0 Å². The highest BCUT2D eigenvalue weighted by Gasteiger charge is 2.47. The average molecular weight is 935 g/mol. The van der Waals surface area contributed by atoms with Crippen LogP contribution in [-0.4, -0.2) is 137 Å².